The SMILES string of the molecule is NC(=S)c1cccc(CS(=O)(=O)N2CC(O)C(O)C2)c1. The summed E-state index contributed by atoms with van der Waals surface area (Å²) in [6.45, 7) is -0.170. The number of nitrogens with zero attached hydrogens (tertiary/aromatic N) is 1. The lowest BCUT2D eigenvalue weighted by Gasteiger charge is -2.15. The molecule has 4 N–H and O–H groups in total. The molecule has 20 heavy (non-hydrogen) atoms. The van der Waals surface area contributed by atoms with Gasteiger partial charge in [0.15, 0.2) is 0 Å². The number of thiocarbonyl (C=S) groups is 1. The molecular formula is C12H16N2O4S2. The fourth-order valence-electron chi connectivity index (χ4n) is 2.08. The van der Waals surface area contributed by atoms with Crippen LogP contribution in [-0.4, -0.2) is 53.2 Å². The number of benzene rings is 1. The van der Waals surface area contributed by atoms with E-state index in [4.69, 9.17) is 18.0 Å². The molecule has 1 saturated heterocycles. The summed E-state index contributed by atoms with van der Waals surface area (Å²) >= 11 is 4.85. The molecule has 1 aliphatic heterocycles. The molecule has 1 heterocycles. The maximum atomic E-state index is 12.2. The molecule has 1 aromatic carbocycles. The van der Waals surface area contributed by atoms with E-state index in [1.165, 1.54) is 0 Å². The number of sulfonamides is 1. The van der Waals surface area contributed by atoms with Crippen molar-refractivity contribution in [3.8, 4) is 0 Å². The van der Waals surface area contributed by atoms with Crippen molar-refractivity contribution in [2.45, 2.75) is 18.0 Å². The van der Waals surface area contributed by atoms with Gasteiger partial charge < -0.3 is 15.9 Å². The zero-order valence-corrected chi connectivity index (χ0v) is 12.3. The molecule has 0 spiro atoms. The van der Waals surface area contributed by atoms with Crippen molar-refractivity contribution in [3.05, 3.63) is 35.4 Å². The van der Waals surface area contributed by atoms with Crippen LogP contribution in [0.15, 0.2) is 24.3 Å². The molecule has 8 heteroatoms. The molecule has 2 atom stereocenters. The minimum absolute atomic E-state index is 0.0848. The molecular weight excluding hydrogens is 300 g/mol. The number of aliphatic hydroxyl groups excluding tert-OH is 2. The average Bonchev–Trinajstić information content (AvgIpc) is 2.70. The van der Waals surface area contributed by atoms with Gasteiger partial charge in [-0.15, -0.1) is 0 Å². The molecule has 1 aliphatic rings. The zero-order valence-electron chi connectivity index (χ0n) is 10.6. The van der Waals surface area contributed by atoms with Gasteiger partial charge in [-0.1, -0.05) is 30.4 Å². The summed E-state index contributed by atoms with van der Waals surface area (Å²) in [6.07, 6.45) is -2.07. The van der Waals surface area contributed by atoms with E-state index in [0.29, 0.717) is 11.1 Å². The summed E-state index contributed by atoms with van der Waals surface area (Å²) in [5.74, 6) is -0.219. The van der Waals surface area contributed by atoms with Gasteiger partial charge >= 0.3 is 0 Å². The Morgan fingerprint density at radius 1 is 1.35 bits per heavy atom. The monoisotopic (exact) mass is 316 g/mol. The summed E-state index contributed by atoms with van der Waals surface area (Å²) in [6, 6.07) is 6.69. The van der Waals surface area contributed by atoms with E-state index in [2.05, 4.69) is 0 Å². The highest BCUT2D eigenvalue weighted by atomic mass is 32.2. The molecule has 0 aromatic heterocycles. The Bertz CT molecular complexity index is 608. The molecule has 0 amide bonds. The van der Waals surface area contributed by atoms with Gasteiger partial charge in [0, 0.05) is 18.7 Å². The van der Waals surface area contributed by atoms with E-state index in [1.807, 2.05) is 0 Å². The quantitative estimate of drug-likeness (QED) is 0.628. The van der Waals surface area contributed by atoms with E-state index in [1.54, 1.807) is 24.3 Å². The second kappa shape index (κ2) is 5.74. The van der Waals surface area contributed by atoms with Crippen molar-refractivity contribution in [2.75, 3.05) is 13.1 Å². The van der Waals surface area contributed by atoms with Gasteiger partial charge in [-0.05, 0) is 11.6 Å². The van der Waals surface area contributed by atoms with E-state index in [9.17, 15) is 18.6 Å². The predicted molar refractivity (Wildman–Crippen MR) is 78.5 cm³/mol. The third-order valence-corrected chi connectivity index (χ3v) is 5.20. The Hall–Kier alpha value is -1.06. The summed E-state index contributed by atoms with van der Waals surface area (Å²) in [5, 5.41) is 18.8. The first-order valence-corrected chi connectivity index (χ1v) is 8.04. The lowest BCUT2D eigenvalue weighted by Crippen LogP contribution is -2.31. The van der Waals surface area contributed by atoms with Crippen molar-refractivity contribution in [1.82, 2.24) is 4.31 Å². The van der Waals surface area contributed by atoms with Crippen molar-refractivity contribution in [2.24, 2.45) is 5.73 Å². The standard InChI is InChI=1S/C12H16N2O4S2/c13-12(19)9-3-1-2-8(4-9)7-20(17,18)14-5-10(15)11(16)6-14/h1-4,10-11,15-16H,5-7H2,(H2,13,19). The number of aliphatic hydroxyl groups is 2. The summed E-state index contributed by atoms with van der Waals surface area (Å²) in [7, 11) is -3.59. The van der Waals surface area contributed by atoms with Crippen LogP contribution in [0.2, 0.25) is 0 Å². The number of hydrogen-bond donors (Lipinski definition) is 3. The number of rotatable bonds is 4. The van der Waals surface area contributed by atoms with Crippen LogP contribution >= 0.6 is 12.2 Å². The minimum atomic E-state index is -3.59. The Labute approximate surface area is 122 Å². The lowest BCUT2D eigenvalue weighted by molar-refractivity contribution is 0.0572. The highest BCUT2D eigenvalue weighted by molar-refractivity contribution is 7.88. The fourth-order valence-corrected chi connectivity index (χ4v) is 3.75. The van der Waals surface area contributed by atoms with Crippen LogP contribution in [0.25, 0.3) is 0 Å². The maximum absolute atomic E-state index is 12.2. The van der Waals surface area contributed by atoms with Crippen LogP contribution in [0.1, 0.15) is 11.1 Å². The molecule has 0 radical (unpaired) electrons. The van der Waals surface area contributed by atoms with Crippen molar-refractivity contribution < 1.29 is 18.6 Å². The Balaban J connectivity index is 2.17. The van der Waals surface area contributed by atoms with Crippen LogP contribution in [0.3, 0.4) is 0 Å². The van der Waals surface area contributed by atoms with Crippen LogP contribution in [-0.2, 0) is 15.8 Å². The van der Waals surface area contributed by atoms with E-state index >= 15 is 0 Å². The topological polar surface area (TPSA) is 104 Å². The fraction of sp³-hybridized carbons (Fsp3) is 0.417. The third kappa shape index (κ3) is 3.33. The third-order valence-electron chi connectivity index (χ3n) is 3.18. The van der Waals surface area contributed by atoms with Crippen LogP contribution in [0, 0.1) is 0 Å². The molecule has 2 rings (SSSR count). The highest BCUT2D eigenvalue weighted by Crippen LogP contribution is 2.18. The predicted octanol–water partition coefficient (Wildman–Crippen LogP) is -0.812. The van der Waals surface area contributed by atoms with Crippen molar-refractivity contribution in [1.29, 1.82) is 0 Å². The minimum Gasteiger partial charge on any atom is -0.389 e. The molecule has 110 valence electrons. The van der Waals surface area contributed by atoms with Gasteiger partial charge in [-0.3, -0.25) is 0 Å². The largest absolute Gasteiger partial charge is 0.389 e. The lowest BCUT2D eigenvalue weighted by atomic mass is 10.1. The second-order valence-corrected chi connectivity index (χ2v) is 7.18. The highest BCUT2D eigenvalue weighted by Gasteiger charge is 2.36. The first-order valence-electron chi connectivity index (χ1n) is 6.02. The van der Waals surface area contributed by atoms with Crippen molar-refractivity contribution in [3.63, 3.8) is 0 Å². The van der Waals surface area contributed by atoms with Gasteiger partial charge in [0.05, 0.1) is 18.0 Å². The second-order valence-electron chi connectivity index (χ2n) is 4.77. The first-order chi connectivity index (χ1) is 9.29. The van der Waals surface area contributed by atoms with E-state index < -0.39 is 22.2 Å². The van der Waals surface area contributed by atoms with Crippen LogP contribution in [0.5, 0.6) is 0 Å². The molecule has 1 fully saturated rings. The molecule has 1 aromatic rings. The van der Waals surface area contributed by atoms with Gasteiger partial charge in [0.2, 0.25) is 10.0 Å². The van der Waals surface area contributed by atoms with Crippen molar-refractivity contribution >= 4 is 27.2 Å². The number of nitrogens with two attached hydrogens (primary N) is 1. The Morgan fingerprint density at radius 2 is 1.95 bits per heavy atom. The molecule has 0 aliphatic carbocycles. The van der Waals surface area contributed by atoms with Gasteiger partial charge in [-0.2, -0.15) is 4.31 Å². The Morgan fingerprint density at radius 3 is 2.50 bits per heavy atom. The molecule has 6 nitrogen and oxygen atoms in total. The van der Waals surface area contributed by atoms with Crippen LogP contribution < -0.4 is 5.73 Å². The van der Waals surface area contributed by atoms with E-state index in [-0.39, 0.29) is 23.8 Å². The van der Waals surface area contributed by atoms with Gasteiger partial charge in [-0.25, -0.2) is 8.42 Å². The molecule has 0 bridgehead atoms. The van der Waals surface area contributed by atoms with Gasteiger partial charge in [0.25, 0.3) is 0 Å². The average molecular weight is 316 g/mol. The van der Waals surface area contributed by atoms with Gasteiger partial charge in [0.1, 0.15) is 4.99 Å². The van der Waals surface area contributed by atoms with Crippen LogP contribution in [0.4, 0.5) is 0 Å². The summed E-state index contributed by atoms with van der Waals surface area (Å²) < 4.78 is 25.5. The smallest absolute Gasteiger partial charge is 0.218 e. The maximum Gasteiger partial charge on any atom is 0.218 e. The number of β-amino-alcohol motifs (C(OH)–C–C–N with tert-alkyl or cyclic N) is 2. The molecule has 0 saturated carbocycles. The summed E-state index contributed by atoms with van der Waals surface area (Å²) in [4.78, 5) is 0.205. The first kappa shape index (κ1) is 15.3. The summed E-state index contributed by atoms with van der Waals surface area (Å²) in [5.41, 5.74) is 6.68. The molecule has 2 unspecified atom stereocenters. The number of hydrogen-bond acceptors (Lipinski definition) is 5. The van der Waals surface area contributed by atoms with E-state index in [0.717, 1.165) is 4.31 Å². The normalized spacial score (nSPS) is 23.9. The zero-order chi connectivity index (χ0) is 14.9. The Kier molecular flexibility index (Phi) is 4.40.